The highest BCUT2D eigenvalue weighted by Crippen LogP contribution is 2.15. The maximum absolute atomic E-state index is 13.0. The second kappa shape index (κ2) is 6.16. The first-order chi connectivity index (χ1) is 10.6. The third kappa shape index (κ3) is 3.04. The molecule has 0 amide bonds. The van der Waals surface area contributed by atoms with E-state index in [4.69, 9.17) is 0 Å². The average Bonchev–Trinajstić information content (AvgIpc) is 2.56. The number of nitrogens with zero attached hydrogens (tertiary/aromatic N) is 1. The van der Waals surface area contributed by atoms with E-state index < -0.39 is 10.0 Å². The van der Waals surface area contributed by atoms with Gasteiger partial charge in [0.05, 0.1) is 31.1 Å². The Kier molecular flexibility index (Phi) is 4.24. The lowest BCUT2D eigenvalue weighted by atomic mass is 10.2. The highest BCUT2D eigenvalue weighted by atomic mass is 32.2. The van der Waals surface area contributed by atoms with Crippen molar-refractivity contribution in [3.63, 3.8) is 0 Å². The van der Waals surface area contributed by atoms with E-state index in [1.165, 1.54) is 21.3 Å². The number of sulfonamides is 1. The molecule has 2 aromatic carbocycles. The van der Waals surface area contributed by atoms with Crippen molar-refractivity contribution in [3.05, 3.63) is 60.4 Å². The predicted octanol–water partition coefficient (Wildman–Crippen LogP) is 1.05. The number of nitrogens with one attached hydrogen (secondary N) is 1. The number of piperazine rings is 1. The third-order valence-corrected chi connectivity index (χ3v) is 5.87. The number of hydrogen-bond acceptors (Lipinski definition) is 2. The topological polar surface area (TPSA) is 41.8 Å². The number of quaternary nitrogens is 1. The van der Waals surface area contributed by atoms with Gasteiger partial charge in [0.25, 0.3) is 0 Å². The Morgan fingerprint density at radius 3 is 2.09 bits per heavy atom. The molecule has 0 aromatic heterocycles. The van der Waals surface area contributed by atoms with Crippen LogP contribution in [0, 0.1) is 5.82 Å². The lowest BCUT2D eigenvalue weighted by Crippen LogP contribution is -3.10. The van der Waals surface area contributed by atoms with Crippen LogP contribution in [0.1, 0.15) is 0 Å². The van der Waals surface area contributed by atoms with Crippen LogP contribution in [0.25, 0.3) is 0 Å². The predicted molar refractivity (Wildman–Crippen MR) is 82.0 cm³/mol. The summed E-state index contributed by atoms with van der Waals surface area (Å²) in [7, 11) is -3.41. The molecule has 0 saturated carbocycles. The molecule has 0 unspecified atom stereocenters. The Morgan fingerprint density at radius 1 is 0.909 bits per heavy atom. The Morgan fingerprint density at radius 2 is 1.50 bits per heavy atom. The van der Waals surface area contributed by atoms with Gasteiger partial charge in [-0.3, -0.25) is 0 Å². The van der Waals surface area contributed by atoms with Gasteiger partial charge in [-0.2, -0.15) is 4.31 Å². The van der Waals surface area contributed by atoms with Crippen LogP contribution >= 0.6 is 0 Å². The van der Waals surface area contributed by atoms with Crippen LogP contribution in [0.3, 0.4) is 0 Å². The number of benzene rings is 2. The fourth-order valence-electron chi connectivity index (χ4n) is 2.71. The number of rotatable bonds is 3. The van der Waals surface area contributed by atoms with Crippen molar-refractivity contribution in [1.82, 2.24) is 4.31 Å². The molecule has 1 fully saturated rings. The van der Waals surface area contributed by atoms with E-state index in [1.807, 2.05) is 0 Å². The van der Waals surface area contributed by atoms with Gasteiger partial charge >= 0.3 is 0 Å². The molecule has 1 saturated heterocycles. The molecule has 0 spiro atoms. The van der Waals surface area contributed by atoms with E-state index in [1.54, 1.807) is 42.5 Å². The van der Waals surface area contributed by atoms with Gasteiger partial charge in [0.2, 0.25) is 10.0 Å². The summed E-state index contributed by atoms with van der Waals surface area (Å²) in [5.41, 5.74) is 0.998. The zero-order valence-electron chi connectivity index (χ0n) is 12.1. The Labute approximate surface area is 129 Å². The van der Waals surface area contributed by atoms with Gasteiger partial charge < -0.3 is 4.90 Å². The van der Waals surface area contributed by atoms with Crippen molar-refractivity contribution < 1.29 is 17.7 Å². The Balaban J connectivity index is 1.70. The molecule has 22 heavy (non-hydrogen) atoms. The van der Waals surface area contributed by atoms with Crippen LogP contribution in [0.15, 0.2) is 59.5 Å². The molecular weight excluding hydrogens is 303 g/mol. The monoisotopic (exact) mass is 321 g/mol. The summed E-state index contributed by atoms with van der Waals surface area (Å²) < 4.78 is 39.6. The molecule has 0 bridgehead atoms. The highest BCUT2D eigenvalue weighted by molar-refractivity contribution is 7.89. The summed E-state index contributed by atoms with van der Waals surface area (Å²) in [6.07, 6.45) is 0. The zero-order chi connectivity index (χ0) is 15.6. The molecule has 1 heterocycles. The second-order valence-corrected chi connectivity index (χ2v) is 7.27. The van der Waals surface area contributed by atoms with E-state index >= 15 is 0 Å². The van der Waals surface area contributed by atoms with E-state index in [2.05, 4.69) is 0 Å². The maximum atomic E-state index is 13.0. The van der Waals surface area contributed by atoms with E-state index in [0.29, 0.717) is 31.1 Å². The fraction of sp³-hybridized carbons (Fsp3) is 0.250. The summed E-state index contributed by atoms with van der Waals surface area (Å²) in [4.78, 5) is 1.51. The molecule has 1 aliphatic rings. The van der Waals surface area contributed by atoms with E-state index in [0.717, 1.165) is 5.69 Å². The minimum Gasteiger partial charge on any atom is -0.300 e. The quantitative estimate of drug-likeness (QED) is 0.918. The third-order valence-electron chi connectivity index (χ3n) is 3.96. The van der Waals surface area contributed by atoms with Crippen LogP contribution < -0.4 is 4.90 Å². The molecule has 0 aliphatic carbocycles. The van der Waals surface area contributed by atoms with Crippen molar-refractivity contribution in [2.45, 2.75) is 4.90 Å². The largest absolute Gasteiger partial charge is 0.300 e. The lowest BCUT2D eigenvalue weighted by molar-refractivity contribution is -0.837. The minimum absolute atomic E-state index is 0.256. The molecule has 4 nitrogen and oxygen atoms in total. The Bertz CT molecular complexity index is 725. The molecule has 3 rings (SSSR count). The Hall–Kier alpha value is -1.76. The van der Waals surface area contributed by atoms with Crippen LogP contribution in [-0.2, 0) is 10.0 Å². The zero-order valence-corrected chi connectivity index (χ0v) is 12.9. The standard InChI is InChI=1S/C16H17FN2O2S/c17-14-6-8-15(9-7-14)18-10-12-19(13-11-18)22(20,21)16-4-2-1-3-5-16/h1-9H,10-13H2/p+1. The molecule has 6 heteroatoms. The molecule has 0 atom stereocenters. The first kappa shape index (κ1) is 15.1. The fourth-order valence-corrected chi connectivity index (χ4v) is 4.17. The van der Waals surface area contributed by atoms with Gasteiger partial charge in [-0.15, -0.1) is 0 Å². The summed E-state index contributed by atoms with van der Waals surface area (Å²) in [5.74, 6) is -0.256. The smallest absolute Gasteiger partial charge is 0.243 e. The molecule has 116 valence electrons. The summed E-state index contributed by atoms with van der Waals surface area (Å²) in [6.45, 7) is 2.28. The van der Waals surface area contributed by atoms with Gasteiger partial charge in [-0.05, 0) is 24.3 Å². The average molecular weight is 321 g/mol. The molecular formula is C16H18FN2O2S+. The minimum atomic E-state index is -3.41. The molecule has 1 N–H and O–H groups in total. The summed E-state index contributed by atoms with van der Waals surface area (Å²) in [6, 6.07) is 14.9. The molecule has 0 radical (unpaired) electrons. The van der Waals surface area contributed by atoms with E-state index in [9.17, 15) is 12.8 Å². The normalized spacial score (nSPS) is 17.5. The van der Waals surface area contributed by atoms with Gasteiger partial charge in [0, 0.05) is 12.1 Å². The SMILES string of the molecule is O=S(=O)(c1ccccc1)N1CC[NH+](c2ccc(F)cc2)CC1. The molecule has 1 aliphatic heterocycles. The summed E-state index contributed by atoms with van der Waals surface area (Å²) >= 11 is 0. The van der Waals surface area contributed by atoms with Crippen LogP contribution in [0.4, 0.5) is 10.1 Å². The van der Waals surface area contributed by atoms with Gasteiger partial charge in [0.15, 0.2) is 0 Å². The maximum Gasteiger partial charge on any atom is 0.243 e. The number of hydrogen-bond donors (Lipinski definition) is 1. The van der Waals surface area contributed by atoms with Gasteiger partial charge in [0.1, 0.15) is 11.5 Å². The summed E-state index contributed by atoms with van der Waals surface area (Å²) in [5, 5.41) is 0. The van der Waals surface area contributed by atoms with Gasteiger partial charge in [-0.1, -0.05) is 18.2 Å². The van der Waals surface area contributed by atoms with Gasteiger partial charge in [-0.25, -0.2) is 12.8 Å². The van der Waals surface area contributed by atoms with Crippen molar-refractivity contribution >= 4 is 15.7 Å². The van der Waals surface area contributed by atoms with Crippen LogP contribution in [0.2, 0.25) is 0 Å². The first-order valence-corrected chi connectivity index (χ1v) is 8.67. The molecule has 2 aromatic rings. The van der Waals surface area contributed by atoms with Crippen LogP contribution in [0.5, 0.6) is 0 Å². The van der Waals surface area contributed by atoms with Crippen LogP contribution in [-0.4, -0.2) is 38.9 Å². The second-order valence-electron chi connectivity index (χ2n) is 5.33. The van der Waals surface area contributed by atoms with Crippen molar-refractivity contribution in [1.29, 1.82) is 0 Å². The van der Waals surface area contributed by atoms with Crippen molar-refractivity contribution in [2.24, 2.45) is 0 Å². The number of halogens is 1. The first-order valence-electron chi connectivity index (χ1n) is 7.23. The highest BCUT2D eigenvalue weighted by Gasteiger charge is 2.30. The van der Waals surface area contributed by atoms with E-state index in [-0.39, 0.29) is 5.82 Å². The van der Waals surface area contributed by atoms with Crippen molar-refractivity contribution in [2.75, 3.05) is 26.2 Å². The van der Waals surface area contributed by atoms with Crippen molar-refractivity contribution in [3.8, 4) is 0 Å². The lowest BCUT2D eigenvalue weighted by Gasteiger charge is -2.31.